The summed E-state index contributed by atoms with van der Waals surface area (Å²) in [6, 6.07) is 16.7. The lowest BCUT2D eigenvalue weighted by Crippen LogP contribution is -2.35. The molecule has 0 amide bonds. The standard InChI is InChI=1S/C19H25NS/c1-2-18(19-9-6-14-21-19)20-17-12-10-16(11-13-17)15-7-4-3-5-8-15/h3-9,14,16-18,20H,2,10-13H2,1H3. The third-order valence-corrected chi connectivity index (χ3v) is 5.72. The van der Waals surface area contributed by atoms with Crippen LogP contribution in [-0.2, 0) is 0 Å². The van der Waals surface area contributed by atoms with E-state index in [1.807, 2.05) is 11.3 Å². The molecule has 1 aliphatic carbocycles. The van der Waals surface area contributed by atoms with Crippen LogP contribution in [0.3, 0.4) is 0 Å². The largest absolute Gasteiger partial charge is 0.306 e. The van der Waals surface area contributed by atoms with Gasteiger partial charge in [-0.1, -0.05) is 43.3 Å². The molecule has 1 aromatic heterocycles. The second kappa shape index (κ2) is 7.24. The van der Waals surface area contributed by atoms with Crippen LogP contribution < -0.4 is 5.32 Å². The average Bonchev–Trinajstić information content (AvgIpc) is 3.08. The minimum atomic E-state index is 0.545. The van der Waals surface area contributed by atoms with E-state index in [0.717, 1.165) is 5.92 Å². The molecule has 1 N–H and O–H groups in total. The second-order valence-electron chi connectivity index (χ2n) is 6.10. The molecule has 0 spiro atoms. The van der Waals surface area contributed by atoms with Crippen molar-refractivity contribution in [3.05, 3.63) is 58.3 Å². The van der Waals surface area contributed by atoms with Gasteiger partial charge in [0.05, 0.1) is 0 Å². The maximum Gasteiger partial charge on any atom is 0.0414 e. The van der Waals surface area contributed by atoms with Crippen molar-refractivity contribution in [3.8, 4) is 0 Å². The Hall–Kier alpha value is -1.12. The van der Waals surface area contributed by atoms with Crippen LogP contribution in [-0.4, -0.2) is 6.04 Å². The number of benzene rings is 1. The van der Waals surface area contributed by atoms with E-state index in [2.05, 4.69) is 60.1 Å². The van der Waals surface area contributed by atoms with Gasteiger partial charge in [-0.05, 0) is 55.0 Å². The van der Waals surface area contributed by atoms with Gasteiger partial charge in [-0.25, -0.2) is 0 Å². The van der Waals surface area contributed by atoms with Crippen LogP contribution >= 0.6 is 11.3 Å². The number of hydrogen-bond donors (Lipinski definition) is 1. The molecule has 1 aromatic carbocycles. The Balaban J connectivity index is 1.54. The molecule has 1 nitrogen and oxygen atoms in total. The van der Waals surface area contributed by atoms with Crippen LogP contribution in [0, 0.1) is 0 Å². The fourth-order valence-electron chi connectivity index (χ4n) is 3.49. The van der Waals surface area contributed by atoms with E-state index >= 15 is 0 Å². The van der Waals surface area contributed by atoms with Crippen molar-refractivity contribution >= 4 is 11.3 Å². The molecule has 0 bridgehead atoms. The van der Waals surface area contributed by atoms with Gasteiger partial charge in [0.25, 0.3) is 0 Å². The zero-order valence-electron chi connectivity index (χ0n) is 12.8. The summed E-state index contributed by atoms with van der Waals surface area (Å²) in [5.74, 6) is 0.770. The Morgan fingerprint density at radius 3 is 2.43 bits per heavy atom. The van der Waals surface area contributed by atoms with Crippen molar-refractivity contribution < 1.29 is 0 Å². The summed E-state index contributed by atoms with van der Waals surface area (Å²) in [6.07, 6.45) is 6.44. The van der Waals surface area contributed by atoms with Crippen molar-refractivity contribution in [3.63, 3.8) is 0 Å². The quantitative estimate of drug-likeness (QED) is 0.767. The smallest absolute Gasteiger partial charge is 0.0414 e. The van der Waals surface area contributed by atoms with Gasteiger partial charge < -0.3 is 5.32 Å². The lowest BCUT2D eigenvalue weighted by Gasteiger charge is -2.32. The van der Waals surface area contributed by atoms with E-state index in [1.165, 1.54) is 42.5 Å². The van der Waals surface area contributed by atoms with Gasteiger partial charge in [-0.2, -0.15) is 0 Å². The summed E-state index contributed by atoms with van der Waals surface area (Å²) >= 11 is 1.88. The summed E-state index contributed by atoms with van der Waals surface area (Å²) < 4.78 is 0. The van der Waals surface area contributed by atoms with E-state index in [0.29, 0.717) is 12.1 Å². The molecule has 1 fully saturated rings. The van der Waals surface area contributed by atoms with Crippen LogP contribution in [0.4, 0.5) is 0 Å². The topological polar surface area (TPSA) is 12.0 Å². The summed E-state index contributed by atoms with van der Waals surface area (Å²) in [5, 5.41) is 6.08. The molecule has 1 aliphatic rings. The first kappa shape index (κ1) is 14.8. The predicted molar refractivity (Wildman–Crippen MR) is 91.9 cm³/mol. The van der Waals surface area contributed by atoms with E-state index < -0.39 is 0 Å². The highest BCUT2D eigenvalue weighted by atomic mass is 32.1. The molecule has 3 rings (SSSR count). The van der Waals surface area contributed by atoms with Crippen LogP contribution in [0.2, 0.25) is 0 Å². The van der Waals surface area contributed by atoms with Gasteiger partial charge in [-0.15, -0.1) is 11.3 Å². The molecule has 1 heterocycles. The van der Waals surface area contributed by atoms with Crippen molar-refractivity contribution in [2.24, 2.45) is 0 Å². The third kappa shape index (κ3) is 3.75. The van der Waals surface area contributed by atoms with Crippen molar-refractivity contribution in [2.75, 3.05) is 0 Å². The number of rotatable bonds is 5. The summed E-state index contributed by atoms with van der Waals surface area (Å²) in [7, 11) is 0. The first-order valence-electron chi connectivity index (χ1n) is 8.21. The van der Waals surface area contributed by atoms with Crippen LogP contribution in [0.15, 0.2) is 47.8 Å². The fraction of sp³-hybridized carbons (Fsp3) is 0.474. The third-order valence-electron chi connectivity index (χ3n) is 4.73. The highest BCUT2D eigenvalue weighted by Crippen LogP contribution is 2.34. The van der Waals surface area contributed by atoms with Gasteiger partial charge in [0.2, 0.25) is 0 Å². The Kier molecular flexibility index (Phi) is 5.10. The number of hydrogen-bond acceptors (Lipinski definition) is 2. The van der Waals surface area contributed by atoms with Crippen LogP contribution in [0.5, 0.6) is 0 Å². The molecule has 1 unspecified atom stereocenters. The van der Waals surface area contributed by atoms with Crippen molar-refractivity contribution in [1.29, 1.82) is 0 Å². The summed E-state index contributed by atoms with van der Waals surface area (Å²) in [4.78, 5) is 1.49. The summed E-state index contributed by atoms with van der Waals surface area (Å²) in [5.41, 5.74) is 1.53. The Morgan fingerprint density at radius 2 is 1.81 bits per heavy atom. The number of nitrogens with one attached hydrogen (secondary N) is 1. The first-order chi connectivity index (χ1) is 10.4. The molecule has 112 valence electrons. The molecular weight excluding hydrogens is 274 g/mol. The lowest BCUT2D eigenvalue weighted by molar-refractivity contribution is 0.313. The highest BCUT2D eigenvalue weighted by Gasteiger charge is 2.24. The normalized spacial score (nSPS) is 23.9. The van der Waals surface area contributed by atoms with E-state index in [1.54, 1.807) is 0 Å². The maximum absolute atomic E-state index is 3.89. The summed E-state index contributed by atoms with van der Waals surface area (Å²) in [6.45, 7) is 2.28. The lowest BCUT2D eigenvalue weighted by atomic mass is 9.81. The first-order valence-corrected chi connectivity index (χ1v) is 9.09. The monoisotopic (exact) mass is 299 g/mol. The zero-order chi connectivity index (χ0) is 14.5. The van der Waals surface area contributed by atoms with Gasteiger partial charge in [0.1, 0.15) is 0 Å². The molecule has 1 atom stereocenters. The SMILES string of the molecule is CCC(NC1CCC(c2ccccc2)CC1)c1cccs1. The minimum absolute atomic E-state index is 0.545. The van der Waals surface area contributed by atoms with Gasteiger partial charge in [-0.3, -0.25) is 0 Å². The molecule has 0 aliphatic heterocycles. The number of thiophene rings is 1. The van der Waals surface area contributed by atoms with Crippen LogP contribution in [0.25, 0.3) is 0 Å². The average molecular weight is 299 g/mol. The Morgan fingerprint density at radius 1 is 1.05 bits per heavy atom. The van der Waals surface area contributed by atoms with Crippen molar-refractivity contribution in [1.82, 2.24) is 5.32 Å². The fourth-order valence-corrected chi connectivity index (χ4v) is 4.36. The second-order valence-corrected chi connectivity index (χ2v) is 7.08. The van der Waals surface area contributed by atoms with Crippen molar-refractivity contribution in [2.45, 2.75) is 57.0 Å². The molecule has 2 aromatic rings. The van der Waals surface area contributed by atoms with E-state index in [9.17, 15) is 0 Å². The molecule has 0 saturated heterocycles. The Bertz CT molecular complexity index is 512. The van der Waals surface area contributed by atoms with Gasteiger partial charge >= 0.3 is 0 Å². The highest BCUT2D eigenvalue weighted by molar-refractivity contribution is 7.10. The molecule has 21 heavy (non-hydrogen) atoms. The van der Waals surface area contributed by atoms with E-state index in [4.69, 9.17) is 0 Å². The Labute approximate surface area is 132 Å². The molecule has 2 heteroatoms. The molecule has 0 radical (unpaired) electrons. The van der Waals surface area contributed by atoms with E-state index in [-0.39, 0.29) is 0 Å². The zero-order valence-corrected chi connectivity index (χ0v) is 13.6. The predicted octanol–water partition coefficient (Wildman–Crippen LogP) is 5.52. The molecule has 1 saturated carbocycles. The molecular formula is C19H25NS. The van der Waals surface area contributed by atoms with Crippen LogP contribution in [0.1, 0.15) is 61.4 Å². The minimum Gasteiger partial charge on any atom is -0.306 e. The maximum atomic E-state index is 3.89. The van der Waals surface area contributed by atoms with Gasteiger partial charge in [0.15, 0.2) is 0 Å². The van der Waals surface area contributed by atoms with Gasteiger partial charge in [0, 0.05) is 17.0 Å².